The van der Waals surface area contributed by atoms with E-state index in [2.05, 4.69) is 26.2 Å². The van der Waals surface area contributed by atoms with Crippen LogP contribution in [0.4, 0.5) is 11.5 Å². The Labute approximate surface area is 124 Å². The maximum Gasteiger partial charge on any atom is 0.275 e. The van der Waals surface area contributed by atoms with E-state index in [0.29, 0.717) is 5.69 Å². The minimum absolute atomic E-state index is 0.110. The van der Waals surface area contributed by atoms with Crippen LogP contribution >= 0.6 is 27.5 Å². The number of hydrogen-bond acceptors (Lipinski definition) is 3. The van der Waals surface area contributed by atoms with Crippen molar-refractivity contribution in [1.29, 1.82) is 0 Å². The lowest BCUT2D eigenvalue weighted by Crippen LogP contribution is -2.15. The first-order valence-corrected chi connectivity index (χ1v) is 6.63. The summed E-state index contributed by atoms with van der Waals surface area (Å²) in [5.74, 6) is -0.144. The second-order valence-electron chi connectivity index (χ2n) is 4.04. The van der Waals surface area contributed by atoms with Gasteiger partial charge >= 0.3 is 0 Å². The number of pyridine rings is 1. The number of nitrogen functional groups attached to an aromatic ring is 1. The van der Waals surface area contributed by atoms with Crippen molar-refractivity contribution in [3.8, 4) is 0 Å². The molecule has 2 rings (SSSR count). The molecule has 0 radical (unpaired) electrons. The molecule has 0 saturated carbocycles. The average molecular weight is 341 g/mol. The van der Waals surface area contributed by atoms with Crippen LogP contribution in [0, 0.1) is 6.92 Å². The topological polar surface area (TPSA) is 68.0 Å². The Balaban J connectivity index is 2.28. The second kappa shape index (κ2) is 5.59. The van der Waals surface area contributed by atoms with Gasteiger partial charge in [0.15, 0.2) is 0 Å². The number of aromatic nitrogens is 1. The summed E-state index contributed by atoms with van der Waals surface area (Å²) in [5, 5.41) is 3.00. The zero-order valence-electron chi connectivity index (χ0n) is 10.1. The van der Waals surface area contributed by atoms with E-state index in [1.165, 1.54) is 0 Å². The third kappa shape index (κ3) is 3.45. The number of carbonyl (C=O) groups is 1. The lowest BCUT2D eigenvalue weighted by atomic mass is 10.2. The summed E-state index contributed by atoms with van der Waals surface area (Å²) in [6.07, 6.45) is 0. The molecule has 0 aliphatic rings. The highest BCUT2D eigenvalue weighted by molar-refractivity contribution is 9.10. The van der Waals surface area contributed by atoms with Crippen LogP contribution in [0.25, 0.3) is 0 Å². The van der Waals surface area contributed by atoms with Gasteiger partial charge in [-0.15, -0.1) is 0 Å². The van der Waals surface area contributed by atoms with Gasteiger partial charge in [-0.05, 0) is 42.8 Å². The number of rotatable bonds is 2. The maximum atomic E-state index is 12.1. The van der Waals surface area contributed by atoms with E-state index in [1.54, 1.807) is 18.2 Å². The fraction of sp³-hybridized carbons (Fsp3) is 0.0769. The van der Waals surface area contributed by atoms with Crippen molar-refractivity contribution in [2.75, 3.05) is 11.1 Å². The van der Waals surface area contributed by atoms with Gasteiger partial charge in [-0.3, -0.25) is 4.79 Å². The van der Waals surface area contributed by atoms with Crippen LogP contribution in [-0.2, 0) is 0 Å². The highest BCUT2D eigenvalue weighted by atomic mass is 79.9. The minimum Gasteiger partial charge on any atom is -0.384 e. The lowest BCUT2D eigenvalue weighted by Gasteiger charge is -2.08. The van der Waals surface area contributed by atoms with Gasteiger partial charge in [0.25, 0.3) is 5.91 Å². The number of nitrogens with zero attached hydrogens (tertiary/aromatic N) is 1. The van der Waals surface area contributed by atoms with Crippen molar-refractivity contribution in [3.63, 3.8) is 0 Å². The number of nitrogens with one attached hydrogen (secondary N) is 1. The number of amides is 1. The van der Waals surface area contributed by atoms with Crippen LogP contribution in [0.15, 0.2) is 34.8 Å². The molecule has 6 heteroatoms. The molecule has 0 unspecified atom stereocenters. The minimum atomic E-state index is -0.394. The number of benzene rings is 1. The van der Waals surface area contributed by atoms with Gasteiger partial charge in [0.2, 0.25) is 0 Å². The second-order valence-corrected chi connectivity index (χ2v) is 5.36. The SMILES string of the molecule is Cc1cc(Br)cc(NC(=O)c2nc(N)ccc2Cl)c1. The molecule has 1 aromatic heterocycles. The fourth-order valence-corrected chi connectivity index (χ4v) is 2.41. The van der Waals surface area contributed by atoms with Gasteiger partial charge in [0.1, 0.15) is 11.5 Å². The lowest BCUT2D eigenvalue weighted by molar-refractivity contribution is 0.102. The van der Waals surface area contributed by atoms with Crippen molar-refractivity contribution >= 4 is 44.9 Å². The molecule has 0 spiro atoms. The molecule has 1 heterocycles. The van der Waals surface area contributed by atoms with Crippen LogP contribution in [0.1, 0.15) is 16.1 Å². The molecule has 0 atom stereocenters. The summed E-state index contributed by atoms with van der Waals surface area (Å²) in [4.78, 5) is 16.0. The highest BCUT2D eigenvalue weighted by Gasteiger charge is 2.13. The van der Waals surface area contributed by atoms with E-state index in [4.69, 9.17) is 17.3 Å². The van der Waals surface area contributed by atoms with E-state index < -0.39 is 5.91 Å². The Morgan fingerprint density at radius 1 is 1.37 bits per heavy atom. The Morgan fingerprint density at radius 3 is 2.79 bits per heavy atom. The molecule has 4 nitrogen and oxygen atoms in total. The first-order chi connectivity index (χ1) is 8.95. The highest BCUT2D eigenvalue weighted by Crippen LogP contribution is 2.21. The Kier molecular flexibility index (Phi) is 4.07. The van der Waals surface area contributed by atoms with Crippen molar-refractivity contribution in [2.45, 2.75) is 6.92 Å². The first kappa shape index (κ1) is 13.8. The molecule has 0 saturated heterocycles. The van der Waals surface area contributed by atoms with E-state index in [9.17, 15) is 4.79 Å². The Hall–Kier alpha value is -1.59. The number of halogens is 2. The quantitative estimate of drug-likeness (QED) is 0.877. The molecule has 0 aliphatic heterocycles. The number of aryl methyl sites for hydroxylation is 1. The van der Waals surface area contributed by atoms with E-state index in [0.717, 1.165) is 10.0 Å². The monoisotopic (exact) mass is 339 g/mol. The standard InChI is InChI=1S/C13H11BrClN3O/c1-7-4-8(14)6-9(5-7)17-13(19)12-10(15)2-3-11(16)18-12/h2-6H,1H3,(H2,16,18)(H,17,19). The molecule has 1 aromatic carbocycles. The van der Waals surface area contributed by atoms with Crippen LogP contribution in [0.5, 0.6) is 0 Å². The molecule has 2 aromatic rings. The molecule has 1 amide bonds. The van der Waals surface area contributed by atoms with Crippen LogP contribution < -0.4 is 11.1 Å². The van der Waals surface area contributed by atoms with Gasteiger partial charge in [-0.25, -0.2) is 4.98 Å². The largest absolute Gasteiger partial charge is 0.384 e. The van der Waals surface area contributed by atoms with Crippen molar-refractivity contribution in [2.24, 2.45) is 0 Å². The summed E-state index contributed by atoms with van der Waals surface area (Å²) in [6, 6.07) is 8.68. The third-order valence-electron chi connectivity index (χ3n) is 2.38. The predicted octanol–water partition coefficient (Wildman–Crippen LogP) is 3.64. The average Bonchev–Trinajstić information content (AvgIpc) is 2.30. The summed E-state index contributed by atoms with van der Waals surface area (Å²) < 4.78 is 0.884. The van der Waals surface area contributed by atoms with Crippen molar-refractivity contribution in [1.82, 2.24) is 4.98 Å². The first-order valence-electron chi connectivity index (χ1n) is 5.46. The van der Waals surface area contributed by atoms with Gasteiger partial charge in [-0.1, -0.05) is 27.5 Å². The smallest absolute Gasteiger partial charge is 0.275 e. The Bertz CT molecular complexity index is 626. The predicted molar refractivity (Wildman–Crippen MR) is 80.5 cm³/mol. The van der Waals surface area contributed by atoms with E-state index in [1.807, 2.05) is 19.1 Å². The van der Waals surface area contributed by atoms with Gasteiger partial charge < -0.3 is 11.1 Å². The molecule has 3 N–H and O–H groups in total. The summed E-state index contributed by atoms with van der Waals surface area (Å²) in [6.45, 7) is 1.94. The van der Waals surface area contributed by atoms with Crippen LogP contribution in [0.2, 0.25) is 5.02 Å². The number of anilines is 2. The normalized spacial score (nSPS) is 10.3. The van der Waals surface area contributed by atoms with Crippen molar-refractivity contribution < 1.29 is 4.79 Å². The van der Waals surface area contributed by atoms with Gasteiger partial charge in [0, 0.05) is 10.2 Å². The zero-order chi connectivity index (χ0) is 14.0. The summed E-state index contributed by atoms with van der Waals surface area (Å²) >= 11 is 9.30. The number of nitrogens with two attached hydrogens (primary N) is 1. The molecule has 0 fully saturated rings. The van der Waals surface area contributed by atoms with E-state index in [-0.39, 0.29) is 16.5 Å². The molecule has 19 heavy (non-hydrogen) atoms. The summed E-state index contributed by atoms with van der Waals surface area (Å²) in [5.41, 5.74) is 7.35. The van der Waals surface area contributed by atoms with Crippen LogP contribution in [0.3, 0.4) is 0 Å². The molecular weight excluding hydrogens is 330 g/mol. The zero-order valence-corrected chi connectivity index (χ0v) is 12.4. The van der Waals surface area contributed by atoms with Crippen molar-refractivity contribution in [3.05, 3.63) is 51.1 Å². The van der Waals surface area contributed by atoms with Crippen LogP contribution in [-0.4, -0.2) is 10.9 Å². The van der Waals surface area contributed by atoms with Gasteiger partial charge in [-0.2, -0.15) is 0 Å². The number of hydrogen-bond donors (Lipinski definition) is 2. The maximum absolute atomic E-state index is 12.1. The summed E-state index contributed by atoms with van der Waals surface area (Å²) in [7, 11) is 0. The molecular formula is C13H11BrClN3O. The third-order valence-corrected chi connectivity index (χ3v) is 3.15. The van der Waals surface area contributed by atoms with Gasteiger partial charge in [0.05, 0.1) is 5.02 Å². The molecule has 0 bridgehead atoms. The fourth-order valence-electron chi connectivity index (χ4n) is 1.62. The molecule has 0 aliphatic carbocycles. The molecule has 98 valence electrons. The Morgan fingerprint density at radius 2 is 2.11 bits per heavy atom. The number of carbonyl (C=O) groups excluding carboxylic acids is 1. The van der Waals surface area contributed by atoms with E-state index >= 15 is 0 Å².